The Balaban J connectivity index is 2.64. The molecule has 0 heterocycles. The summed E-state index contributed by atoms with van der Waals surface area (Å²) >= 11 is 5.87. The molecule has 0 aromatic heterocycles. The lowest BCUT2D eigenvalue weighted by molar-refractivity contribution is -0.121. The topological polar surface area (TPSA) is 41.1 Å². The molecule has 0 aliphatic rings. The summed E-state index contributed by atoms with van der Waals surface area (Å²) in [4.78, 5) is 11.7. The third kappa shape index (κ3) is 4.18. The molecule has 2 N–H and O–H groups in total. The average Bonchev–Trinajstić information content (AvgIpc) is 2.30. The summed E-state index contributed by atoms with van der Waals surface area (Å²) in [7, 11) is 0. The van der Waals surface area contributed by atoms with Crippen LogP contribution in [0.3, 0.4) is 0 Å². The zero-order valence-corrected chi connectivity index (χ0v) is 11.5. The van der Waals surface area contributed by atoms with Crippen molar-refractivity contribution in [2.24, 2.45) is 5.92 Å². The van der Waals surface area contributed by atoms with Crippen LogP contribution in [0.5, 0.6) is 0 Å². The van der Waals surface area contributed by atoms with Crippen LogP contribution in [0.4, 0.5) is 10.1 Å². The second-order valence-electron chi connectivity index (χ2n) is 4.60. The largest absolute Gasteiger partial charge is 0.370 e. The third-order valence-electron chi connectivity index (χ3n) is 2.40. The van der Waals surface area contributed by atoms with Gasteiger partial charge in [-0.25, -0.2) is 4.39 Å². The van der Waals surface area contributed by atoms with Crippen molar-refractivity contribution in [1.82, 2.24) is 5.32 Å². The van der Waals surface area contributed by atoms with Crippen LogP contribution < -0.4 is 10.6 Å². The van der Waals surface area contributed by atoms with Gasteiger partial charge in [-0.3, -0.25) is 4.79 Å². The van der Waals surface area contributed by atoms with Gasteiger partial charge in [0.15, 0.2) is 0 Å². The monoisotopic (exact) mass is 272 g/mol. The number of benzene rings is 1. The molecule has 0 aliphatic carbocycles. The fourth-order valence-corrected chi connectivity index (χ4v) is 1.59. The van der Waals surface area contributed by atoms with Crippen LogP contribution in [0.25, 0.3) is 0 Å². The standard InChI is InChI=1S/C13H18ClFN2O/c1-8(2)7-16-13(18)9(3)17-12-10(14)5-4-6-11(12)15/h4-6,8-9,17H,7H2,1-3H3,(H,16,18). The summed E-state index contributed by atoms with van der Waals surface area (Å²) in [5.41, 5.74) is 0.159. The molecule has 1 aromatic rings. The van der Waals surface area contributed by atoms with E-state index in [-0.39, 0.29) is 16.6 Å². The van der Waals surface area contributed by atoms with Gasteiger partial charge in [0.1, 0.15) is 11.9 Å². The van der Waals surface area contributed by atoms with Crippen LogP contribution in [0, 0.1) is 11.7 Å². The maximum atomic E-state index is 13.5. The molecular formula is C13H18ClFN2O. The van der Waals surface area contributed by atoms with Crippen molar-refractivity contribution in [3.05, 3.63) is 29.0 Å². The van der Waals surface area contributed by atoms with E-state index in [1.165, 1.54) is 12.1 Å². The number of carbonyl (C=O) groups excluding carboxylic acids is 1. The zero-order chi connectivity index (χ0) is 13.7. The summed E-state index contributed by atoms with van der Waals surface area (Å²) in [5.74, 6) is -0.271. The molecule has 0 bridgehead atoms. The van der Waals surface area contributed by atoms with Gasteiger partial charge in [0, 0.05) is 6.54 Å². The van der Waals surface area contributed by atoms with Gasteiger partial charge in [-0.1, -0.05) is 31.5 Å². The number of hydrogen-bond acceptors (Lipinski definition) is 2. The Bertz CT molecular complexity index is 403. The molecule has 3 nitrogen and oxygen atoms in total. The lowest BCUT2D eigenvalue weighted by atomic mass is 10.2. The van der Waals surface area contributed by atoms with Gasteiger partial charge in [0.2, 0.25) is 5.91 Å². The normalized spacial score (nSPS) is 12.3. The van der Waals surface area contributed by atoms with Crippen molar-refractivity contribution in [2.75, 3.05) is 11.9 Å². The first-order chi connectivity index (χ1) is 8.41. The summed E-state index contributed by atoms with van der Waals surface area (Å²) in [6, 6.07) is 3.85. The lowest BCUT2D eigenvalue weighted by Gasteiger charge is -2.17. The Labute approximate surface area is 112 Å². The molecule has 1 amide bonds. The van der Waals surface area contributed by atoms with Crippen molar-refractivity contribution in [2.45, 2.75) is 26.8 Å². The van der Waals surface area contributed by atoms with E-state index in [4.69, 9.17) is 11.6 Å². The molecule has 0 spiro atoms. The minimum Gasteiger partial charge on any atom is -0.370 e. The average molecular weight is 273 g/mol. The summed E-state index contributed by atoms with van der Waals surface area (Å²) in [5, 5.41) is 5.82. The second kappa shape index (κ2) is 6.59. The predicted molar refractivity (Wildman–Crippen MR) is 72.3 cm³/mol. The van der Waals surface area contributed by atoms with Gasteiger partial charge in [-0.2, -0.15) is 0 Å². The van der Waals surface area contributed by atoms with Gasteiger partial charge >= 0.3 is 0 Å². The van der Waals surface area contributed by atoms with E-state index in [1.807, 2.05) is 13.8 Å². The first-order valence-electron chi connectivity index (χ1n) is 5.90. The molecule has 1 aromatic carbocycles. The van der Waals surface area contributed by atoms with Crippen LogP contribution in [-0.4, -0.2) is 18.5 Å². The van der Waals surface area contributed by atoms with E-state index in [1.54, 1.807) is 13.0 Å². The highest BCUT2D eigenvalue weighted by Crippen LogP contribution is 2.25. The van der Waals surface area contributed by atoms with Crippen molar-refractivity contribution in [3.8, 4) is 0 Å². The number of hydrogen-bond donors (Lipinski definition) is 2. The second-order valence-corrected chi connectivity index (χ2v) is 5.01. The summed E-state index contributed by atoms with van der Waals surface area (Å²) < 4.78 is 13.5. The van der Waals surface area contributed by atoms with Crippen LogP contribution in [0.1, 0.15) is 20.8 Å². The van der Waals surface area contributed by atoms with Crippen LogP contribution in [-0.2, 0) is 4.79 Å². The molecule has 5 heteroatoms. The zero-order valence-electron chi connectivity index (χ0n) is 10.8. The van der Waals surface area contributed by atoms with Gasteiger partial charge in [0.05, 0.1) is 10.7 Å². The molecule has 0 fully saturated rings. The highest BCUT2D eigenvalue weighted by Gasteiger charge is 2.16. The van der Waals surface area contributed by atoms with Crippen molar-refractivity contribution in [3.63, 3.8) is 0 Å². The number of rotatable bonds is 5. The quantitative estimate of drug-likeness (QED) is 0.865. The highest BCUT2D eigenvalue weighted by molar-refractivity contribution is 6.33. The van der Waals surface area contributed by atoms with E-state index in [0.29, 0.717) is 12.5 Å². The summed E-state index contributed by atoms with van der Waals surface area (Å²) in [6.07, 6.45) is 0. The van der Waals surface area contributed by atoms with Gasteiger partial charge < -0.3 is 10.6 Å². The first-order valence-corrected chi connectivity index (χ1v) is 6.28. The van der Waals surface area contributed by atoms with Crippen molar-refractivity contribution < 1.29 is 9.18 Å². The van der Waals surface area contributed by atoms with Gasteiger partial charge in [0.25, 0.3) is 0 Å². The van der Waals surface area contributed by atoms with E-state index < -0.39 is 11.9 Å². The maximum absolute atomic E-state index is 13.5. The molecule has 100 valence electrons. The van der Waals surface area contributed by atoms with E-state index in [9.17, 15) is 9.18 Å². The van der Waals surface area contributed by atoms with Gasteiger partial charge in [-0.05, 0) is 25.0 Å². The fraction of sp³-hybridized carbons (Fsp3) is 0.462. The predicted octanol–water partition coefficient (Wildman–Crippen LogP) is 3.05. The Kier molecular flexibility index (Phi) is 5.41. The van der Waals surface area contributed by atoms with Gasteiger partial charge in [-0.15, -0.1) is 0 Å². The molecule has 18 heavy (non-hydrogen) atoms. The van der Waals surface area contributed by atoms with Crippen LogP contribution in [0.2, 0.25) is 5.02 Å². The first kappa shape index (κ1) is 14.8. The highest BCUT2D eigenvalue weighted by atomic mass is 35.5. The fourth-order valence-electron chi connectivity index (χ4n) is 1.38. The summed E-state index contributed by atoms with van der Waals surface area (Å²) in [6.45, 7) is 6.27. The molecule has 0 aliphatic heterocycles. The lowest BCUT2D eigenvalue weighted by Crippen LogP contribution is -2.39. The number of amides is 1. The molecule has 0 radical (unpaired) electrons. The van der Waals surface area contributed by atoms with E-state index in [0.717, 1.165) is 0 Å². The third-order valence-corrected chi connectivity index (χ3v) is 2.72. The molecule has 1 rings (SSSR count). The minimum absolute atomic E-state index is 0.159. The van der Waals surface area contributed by atoms with Crippen LogP contribution in [0.15, 0.2) is 18.2 Å². The number of halogens is 2. The smallest absolute Gasteiger partial charge is 0.242 e. The molecule has 1 unspecified atom stereocenters. The SMILES string of the molecule is CC(C)CNC(=O)C(C)Nc1c(F)cccc1Cl. The van der Waals surface area contributed by atoms with Crippen molar-refractivity contribution >= 4 is 23.2 Å². The number of nitrogens with one attached hydrogen (secondary N) is 2. The molecule has 1 atom stereocenters. The number of para-hydroxylation sites is 1. The molecule has 0 saturated heterocycles. The maximum Gasteiger partial charge on any atom is 0.242 e. The number of anilines is 1. The van der Waals surface area contributed by atoms with E-state index >= 15 is 0 Å². The van der Waals surface area contributed by atoms with Crippen molar-refractivity contribution in [1.29, 1.82) is 0 Å². The molecule has 0 saturated carbocycles. The minimum atomic E-state index is -0.543. The number of carbonyl (C=O) groups is 1. The van der Waals surface area contributed by atoms with Crippen LogP contribution >= 0.6 is 11.6 Å². The Morgan fingerprint density at radius 3 is 2.61 bits per heavy atom. The Hall–Kier alpha value is -1.29. The Morgan fingerprint density at radius 2 is 2.06 bits per heavy atom. The van der Waals surface area contributed by atoms with E-state index in [2.05, 4.69) is 10.6 Å². The Morgan fingerprint density at radius 1 is 1.39 bits per heavy atom. The molecular weight excluding hydrogens is 255 g/mol.